The first kappa shape index (κ1) is 19.4. The molecule has 0 fully saturated rings. The van der Waals surface area contributed by atoms with Gasteiger partial charge in [-0.2, -0.15) is 4.31 Å². The molecule has 2 aromatic rings. The molecule has 0 saturated carbocycles. The maximum Gasteiger partial charge on any atom is 0.243 e. The molecular weight excluding hydrogens is 364 g/mol. The molecule has 7 heteroatoms. The Hall–Kier alpha value is -2.38. The predicted molar refractivity (Wildman–Crippen MR) is 103 cm³/mol. The average Bonchev–Trinajstić information content (AvgIpc) is 2.68. The summed E-state index contributed by atoms with van der Waals surface area (Å²) >= 11 is 0. The topological polar surface area (TPSA) is 75.7 Å². The first-order valence-corrected chi connectivity index (χ1v) is 10.3. The molecule has 1 aliphatic carbocycles. The minimum absolute atomic E-state index is 0.0699. The molecule has 1 atom stereocenters. The van der Waals surface area contributed by atoms with Crippen LogP contribution in [0.5, 0.6) is 5.75 Å². The lowest BCUT2D eigenvalue weighted by Gasteiger charge is -2.27. The number of carbonyl (C=O) groups is 1. The molecule has 0 spiro atoms. The smallest absolute Gasteiger partial charge is 0.243 e. The number of likely N-dealkylation sites (N-methyl/N-ethyl adjacent to an activating group) is 1. The Kier molecular flexibility index (Phi) is 5.82. The summed E-state index contributed by atoms with van der Waals surface area (Å²) < 4.78 is 31.4. The summed E-state index contributed by atoms with van der Waals surface area (Å²) in [4.78, 5) is 12.6. The minimum Gasteiger partial charge on any atom is -0.497 e. The molecule has 2 aromatic carbocycles. The minimum atomic E-state index is -3.74. The van der Waals surface area contributed by atoms with E-state index in [1.807, 2.05) is 18.2 Å². The van der Waals surface area contributed by atoms with Crippen LogP contribution in [0.2, 0.25) is 0 Å². The maximum atomic E-state index is 12.7. The second-order valence-corrected chi connectivity index (χ2v) is 8.69. The monoisotopic (exact) mass is 388 g/mol. The first-order valence-electron chi connectivity index (χ1n) is 8.89. The Bertz CT molecular complexity index is 910. The van der Waals surface area contributed by atoms with Crippen LogP contribution in [0.15, 0.2) is 53.4 Å². The molecule has 0 heterocycles. The Labute approximate surface area is 160 Å². The molecule has 0 aliphatic heterocycles. The van der Waals surface area contributed by atoms with Gasteiger partial charge in [-0.1, -0.05) is 24.3 Å². The van der Waals surface area contributed by atoms with Crippen LogP contribution in [0.3, 0.4) is 0 Å². The van der Waals surface area contributed by atoms with E-state index in [0.29, 0.717) is 5.75 Å². The highest BCUT2D eigenvalue weighted by molar-refractivity contribution is 7.89. The van der Waals surface area contributed by atoms with Crippen molar-refractivity contribution in [2.75, 3.05) is 20.7 Å². The summed E-state index contributed by atoms with van der Waals surface area (Å²) in [5.41, 5.74) is 2.37. The molecule has 27 heavy (non-hydrogen) atoms. The predicted octanol–water partition coefficient (Wildman–Crippen LogP) is 2.51. The van der Waals surface area contributed by atoms with E-state index in [0.717, 1.165) is 29.1 Å². The summed E-state index contributed by atoms with van der Waals surface area (Å²) in [5.74, 6) is 0.265. The summed E-state index contributed by atoms with van der Waals surface area (Å²) in [6, 6.07) is 14.1. The van der Waals surface area contributed by atoms with E-state index in [-0.39, 0.29) is 23.4 Å². The van der Waals surface area contributed by atoms with Gasteiger partial charge in [-0.15, -0.1) is 0 Å². The van der Waals surface area contributed by atoms with Gasteiger partial charge in [0.25, 0.3) is 0 Å². The molecule has 0 aromatic heterocycles. The summed E-state index contributed by atoms with van der Waals surface area (Å²) in [6.07, 6.45) is 2.87. The van der Waals surface area contributed by atoms with Gasteiger partial charge in [0.2, 0.25) is 15.9 Å². The number of carbonyl (C=O) groups excluding carboxylic acids is 1. The van der Waals surface area contributed by atoms with E-state index in [4.69, 9.17) is 4.74 Å². The van der Waals surface area contributed by atoms with Crippen molar-refractivity contribution in [3.8, 4) is 5.75 Å². The fourth-order valence-electron chi connectivity index (χ4n) is 3.36. The molecule has 0 radical (unpaired) electrons. The van der Waals surface area contributed by atoms with E-state index in [9.17, 15) is 13.2 Å². The van der Waals surface area contributed by atoms with Crippen LogP contribution in [0, 0.1) is 0 Å². The van der Waals surface area contributed by atoms with Crippen LogP contribution in [0.25, 0.3) is 0 Å². The number of ether oxygens (including phenoxy) is 1. The van der Waals surface area contributed by atoms with Crippen LogP contribution in [0.4, 0.5) is 0 Å². The van der Waals surface area contributed by atoms with Crippen molar-refractivity contribution in [1.29, 1.82) is 0 Å². The second kappa shape index (κ2) is 8.10. The number of nitrogens with zero attached hydrogens (tertiary/aromatic N) is 1. The lowest BCUT2D eigenvalue weighted by atomic mass is 9.88. The van der Waals surface area contributed by atoms with Crippen molar-refractivity contribution in [2.45, 2.75) is 30.2 Å². The molecule has 0 saturated heterocycles. The van der Waals surface area contributed by atoms with Gasteiger partial charge in [-0.3, -0.25) is 4.79 Å². The molecule has 6 nitrogen and oxygen atoms in total. The van der Waals surface area contributed by atoms with Crippen LogP contribution < -0.4 is 10.1 Å². The normalized spacial score (nSPS) is 16.6. The number of aryl methyl sites for hydroxylation is 1. The van der Waals surface area contributed by atoms with Gasteiger partial charge >= 0.3 is 0 Å². The number of benzene rings is 2. The number of rotatable bonds is 6. The third-order valence-corrected chi connectivity index (χ3v) is 6.66. The molecule has 1 unspecified atom stereocenters. The highest BCUT2D eigenvalue weighted by atomic mass is 32.2. The Morgan fingerprint density at radius 3 is 2.59 bits per heavy atom. The highest BCUT2D eigenvalue weighted by Crippen LogP contribution is 2.29. The molecule has 1 amide bonds. The van der Waals surface area contributed by atoms with E-state index in [2.05, 4.69) is 11.4 Å². The van der Waals surface area contributed by atoms with Crippen LogP contribution >= 0.6 is 0 Å². The third kappa shape index (κ3) is 4.31. The number of amides is 1. The van der Waals surface area contributed by atoms with Crippen molar-refractivity contribution in [3.05, 3.63) is 59.7 Å². The highest BCUT2D eigenvalue weighted by Gasteiger charge is 2.26. The van der Waals surface area contributed by atoms with E-state index in [1.54, 1.807) is 12.1 Å². The molecule has 1 aliphatic rings. The average molecular weight is 388 g/mol. The van der Waals surface area contributed by atoms with Crippen molar-refractivity contribution >= 4 is 15.9 Å². The van der Waals surface area contributed by atoms with Gasteiger partial charge in [-0.05, 0) is 54.7 Å². The van der Waals surface area contributed by atoms with E-state index >= 15 is 0 Å². The van der Waals surface area contributed by atoms with Crippen LogP contribution in [-0.2, 0) is 21.2 Å². The van der Waals surface area contributed by atoms with E-state index < -0.39 is 10.0 Å². The number of methoxy groups -OCH3 is 1. The van der Waals surface area contributed by atoms with Gasteiger partial charge in [0.1, 0.15) is 5.75 Å². The maximum absolute atomic E-state index is 12.7. The SMILES string of the molecule is COc1ccc(S(=O)(=O)N(C)CC(=O)NC2CCCc3ccccc32)cc1. The Morgan fingerprint density at radius 1 is 1.19 bits per heavy atom. The van der Waals surface area contributed by atoms with Crippen molar-refractivity contribution < 1.29 is 17.9 Å². The molecule has 3 rings (SSSR count). The first-order chi connectivity index (χ1) is 12.9. The van der Waals surface area contributed by atoms with Crippen molar-refractivity contribution in [1.82, 2.24) is 9.62 Å². The van der Waals surface area contributed by atoms with Crippen molar-refractivity contribution in [2.24, 2.45) is 0 Å². The lowest BCUT2D eigenvalue weighted by Crippen LogP contribution is -2.40. The van der Waals surface area contributed by atoms with Crippen LogP contribution in [0.1, 0.15) is 30.0 Å². The summed E-state index contributed by atoms with van der Waals surface area (Å²) in [5, 5.41) is 2.98. The standard InChI is InChI=1S/C20H24N2O4S/c1-22(27(24,25)17-12-10-16(26-2)11-13-17)14-20(23)21-19-9-5-7-15-6-3-4-8-18(15)19/h3-4,6,8,10-13,19H,5,7,9,14H2,1-2H3,(H,21,23). The number of hydrogen-bond acceptors (Lipinski definition) is 4. The van der Waals surface area contributed by atoms with Gasteiger partial charge < -0.3 is 10.1 Å². The quantitative estimate of drug-likeness (QED) is 0.825. The number of nitrogens with one attached hydrogen (secondary N) is 1. The van der Waals surface area contributed by atoms with Gasteiger partial charge in [-0.25, -0.2) is 8.42 Å². The molecular formula is C20H24N2O4S. The second-order valence-electron chi connectivity index (χ2n) is 6.65. The number of sulfonamides is 1. The lowest BCUT2D eigenvalue weighted by molar-refractivity contribution is -0.122. The Morgan fingerprint density at radius 2 is 1.89 bits per heavy atom. The molecule has 144 valence electrons. The van der Waals surface area contributed by atoms with Crippen molar-refractivity contribution in [3.63, 3.8) is 0 Å². The number of hydrogen-bond donors (Lipinski definition) is 1. The zero-order valence-corrected chi connectivity index (χ0v) is 16.3. The van der Waals surface area contributed by atoms with Crippen LogP contribution in [-0.4, -0.2) is 39.3 Å². The Balaban J connectivity index is 1.67. The largest absolute Gasteiger partial charge is 0.497 e. The zero-order valence-electron chi connectivity index (χ0n) is 15.5. The van der Waals surface area contributed by atoms with E-state index in [1.165, 1.54) is 31.9 Å². The van der Waals surface area contributed by atoms with Gasteiger partial charge in [0.15, 0.2) is 0 Å². The summed E-state index contributed by atoms with van der Waals surface area (Å²) in [6.45, 7) is -0.229. The molecule has 0 bridgehead atoms. The number of fused-ring (bicyclic) bond motifs is 1. The third-order valence-electron chi connectivity index (χ3n) is 4.84. The summed E-state index contributed by atoms with van der Waals surface area (Å²) in [7, 11) is -0.815. The fraction of sp³-hybridized carbons (Fsp3) is 0.350. The van der Waals surface area contributed by atoms with Gasteiger partial charge in [0.05, 0.1) is 24.6 Å². The molecule has 1 N–H and O–H groups in total. The fourth-order valence-corrected chi connectivity index (χ4v) is 4.49. The zero-order chi connectivity index (χ0) is 19.4. The van der Waals surface area contributed by atoms with Gasteiger partial charge in [0, 0.05) is 7.05 Å².